The molecule has 1 atom stereocenters. The number of hydrogen-bond donors (Lipinski definition) is 2. The molecule has 0 saturated carbocycles. The van der Waals surface area contributed by atoms with E-state index < -0.39 is 17.8 Å². The smallest absolute Gasteiger partial charge is 0.325 e. The molecular formula is C24H25N3O5. The molecule has 1 saturated heterocycles. The van der Waals surface area contributed by atoms with E-state index in [4.69, 9.17) is 0 Å². The lowest BCUT2D eigenvalue weighted by atomic mass is 10.1. The highest BCUT2D eigenvalue weighted by molar-refractivity contribution is 6.04. The molecule has 1 aliphatic carbocycles. The SMILES string of the molecule is COC(=O)CNC(=O)c1cccc(NC(=O)C2CC(=O)N(c3ccc4c(c3)CCC4)C2)c1. The van der Waals surface area contributed by atoms with Crippen LogP contribution < -0.4 is 15.5 Å². The summed E-state index contributed by atoms with van der Waals surface area (Å²) in [7, 11) is 1.24. The number of esters is 1. The van der Waals surface area contributed by atoms with Crippen molar-refractivity contribution in [2.45, 2.75) is 25.7 Å². The van der Waals surface area contributed by atoms with Gasteiger partial charge < -0.3 is 20.3 Å². The lowest BCUT2D eigenvalue weighted by molar-refractivity contribution is -0.139. The second-order valence-corrected chi connectivity index (χ2v) is 8.04. The van der Waals surface area contributed by atoms with E-state index in [-0.39, 0.29) is 24.8 Å². The number of amides is 3. The normalized spacial score (nSPS) is 17.1. The van der Waals surface area contributed by atoms with Gasteiger partial charge in [-0.05, 0) is 60.7 Å². The molecule has 0 radical (unpaired) electrons. The van der Waals surface area contributed by atoms with Crippen molar-refractivity contribution in [3.63, 3.8) is 0 Å². The van der Waals surface area contributed by atoms with Crippen molar-refractivity contribution in [1.82, 2.24) is 5.32 Å². The van der Waals surface area contributed by atoms with Gasteiger partial charge in [-0.2, -0.15) is 0 Å². The van der Waals surface area contributed by atoms with Crippen LogP contribution in [0.3, 0.4) is 0 Å². The highest BCUT2D eigenvalue weighted by Gasteiger charge is 2.35. The molecule has 1 unspecified atom stereocenters. The Morgan fingerprint density at radius 1 is 1.09 bits per heavy atom. The minimum absolute atomic E-state index is 0.0703. The van der Waals surface area contributed by atoms with Crippen LogP contribution in [0.1, 0.15) is 34.3 Å². The zero-order chi connectivity index (χ0) is 22.7. The summed E-state index contributed by atoms with van der Waals surface area (Å²) >= 11 is 0. The number of nitrogens with one attached hydrogen (secondary N) is 2. The van der Waals surface area contributed by atoms with Crippen LogP contribution >= 0.6 is 0 Å². The third-order valence-electron chi connectivity index (χ3n) is 5.90. The van der Waals surface area contributed by atoms with E-state index in [0.717, 1.165) is 24.9 Å². The van der Waals surface area contributed by atoms with Crippen molar-refractivity contribution < 1.29 is 23.9 Å². The number of fused-ring (bicyclic) bond motifs is 1. The number of anilines is 2. The van der Waals surface area contributed by atoms with Crippen LogP contribution in [0.15, 0.2) is 42.5 Å². The molecule has 32 heavy (non-hydrogen) atoms. The van der Waals surface area contributed by atoms with Gasteiger partial charge in [-0.25, -0.2) is 0 Å². The second kappa shape index (κ2) is 9.21. The standard InChI is InChI=1S/C24H25N3O5/c1-32-22(29)13-25-23(30)17-6-3-7-19(10-17)26-24(31)18-12-21(28)27(14-18)20-9-8-15-4-2-5-16(15)11-20/h3,6-11,18H,2,4-5,12-14H2,1H3,(H,25,30)(H,26,31). The number of rotatable bonds is 6. The number of nitrogens with zero attached hydrogens (tertiary/aromatic N) is 1. The van der Waals surface area contributed by atoms with Gasteiger partial charge >= 0.3 is 5.97 Å². The van der Waals surface area contributed by atoms with E-state index in [1.165, 1.54) is 24.3 Å². The molecule has 2 aromatic rings. The Bertz CT molecular complexity index is 1080. The average Bonchev–Trinajstić information content (AvgIpc) is 3.43. The molecule has 4 rings (SSSR count). The number of aryl methyl sites for hydroxylation is 2. The van der Waals surface area contributed by atoms with E-state index in [1.54, 1.807) is 23.1 Å². The molecule has 2 N–H and O–H groups in total. The Balaban J connectivity index is 1.39. The third-order valence-corrected chi connectivity index (χ3v) is 5.90. The van der Waals surface area contributed by atoms with Crippen molar-refractivity contribution in [2.24, 2.45) is 5.92 Å². The maximum atomic E-state index is 12.8. The molecule has 1 aliphatic heterocycles. The van der Waals surface area contributed by atoms with Crippen molar-refractivity contribution in [1.29, 1.82) is 0 Å². The fourth-order valence-corrected chi connectivity index (χ4v) is 4.17. The number of carbonyl (C=O) groups excluding carboxylic acids is 4. The first-order valence-electron chi connectivity index (χ1n) is 10.6. The highest BCUT2D eigenvalue weighted by Crippen LogP contribution is 2.31. The van der Waals surface area contributed by atoms with Gasteiger partial charge in [-0.1, -0.05) is 12.1 Å². The van der Waals surface area contributed by atoms with Crippen LogP contribution in [-0.4, -0.2) is 43.9 Å². The van der Waals surface area contributed by atoms with Crippen LogP contribution in [0.5, 0.6) is 0 Å². The quantitative estimate of drug-likeness (QED) is 0.676. The summed E-state index contributed by atoms with van der Waals surface area (Å²) in [5.41, 5.74) is 4.21. The molecule has 0 bridgehead atoms. The van der Waals surface area contributed by atoms with E-state index in [0.29, 0.717) is 17.8 Å². The largest absolute Gasteiger partial charge is 0.468 e. The van der Waals surface area contributed by atoms with Gasteiger partial charge in [0.1, 0.15) is 6.54 Å². The predicted octanol–water partition coefficient (Wildman–Crippen LogP) is 2.07. The number of methoxy groups -OCH3 is 1. The monoisotopic (exact) mass is 435 g/mol. The van der Waals surface area contributed by atoms with Crippen molar-refractivity contribution in [3.8, 4) is 0 Å². The Kier molecular flexibility index (Phi) is 6.20. The van der Waals surface area contributed by atoms with E-state index in [2.05, 4.69) is 27.5 Å². The summed E-state index contributed by atoms with van der Waals surface area (Å²) in [5.74, 6) is -1.83. The van der Waals surface area contributed by atoms with E-state index in [9.17, 15) is 19.2 Å². The van der Waals surface area contributed by atoms with Gasteiger partial charge in [-0.3, -0.25) is 19.2 Å². The number of carbonyl (C=O) groups is 4. The summed E-state index contributed by atoms with van der Waals surface area (Å²) in [5, 5.41) is 5.26. The van der Waals surface area contributed by atoms with Gasteiger partial charge in [-0.15, -0.1) is 0 Å². The minimum Gasteiger partial charge on any atom is -0.468 e. The first kappa shape index (κ1) is 21.5. The average molecular weight is 435 g/mol. The number of ether oxygens (including phenoxy) is 1. The molecule has 0 aromatic heterocycles. The maximum absolute atomic E-state index is 12.8. The zero-order valence-electron chi connectivity index (χ0n) is 17.8. The van der Waals surface area contributed by atoms with Crippen LogP contribution in [-0.2, 0) is 32.0 Å². The van der Waals surface area contributed by atoms with Crippen molar-refractivity contribution in [3.05, 3.63) is 59.2 Å². The zero-order valence-corrected chi connectivity index (χ0v) is 17.8. The van der Waals surface area contributed by atoms with Gasteiger partial charge in [0.15, 0.2) is 0 Å². The molecule has 166 valence electrons. The van der Waals surface area contributed by atoms with E-state index >= 15 is 0 Å². The van der Waals surface area contributed by atoms with Gasteiger partial charge in [0.2, 0.25) is 11.8 Å². The van der Waals surface area contributed by atoms with E-state index in [1.807, 2.05) is 6.07 Å². The highest BCUT2D eigenvalue weighted by atomic mass is 16.5. The van der Waals surface area contributed by atoms with Crippen molar-refractivity contribution in [2.75, 3.05) is 30.4 Å². The summed E-state index contributed by atoms with van der Waals surface area (Å²) in [6.45, 7) is 0.0807. The van der Waals surface area contributed by atoms with Crippen molar-refractivity contribution >= 4 is 35.1 Å². The molecular weight excluding hydrogens is 410 g/mol. The molecule has 2 aromatic carbocycles. The van der Waals surface area contributed by atoms with Crippen LogP contribution in [0.2, 0.25) is 0 Å². The van der Waals surface area contributed by atoms with Gasteiger partial charge in [0.05, 0.1) is 13.0 Å². The summed E-state index contributed by atoms with van der Waals surface area (Å²) in [6, 6.07) is 12.5. The van der Waals surface area contributed by atoms with Crippen LogP contribution in [0, 0.1) is 5.92 Å². The second-order valence-electron chi connectivity index (χ2n) is 8.04. The fourth-order valence-electron chi connectivity index (χ4n) is 4.17. The Labute approximate surface area is 185 Å². The molecule has 8 nitrogen and oxygen atoms in total. The van der Waals surface area contributed by atoms with Crippen LogP contribution in [0.25, 0.3) is 0 Å². The topological polar surface area (TPSA) is 105 Å². The Morgan fingerprint density at radius 3 is 2.72 bits per heavy atom. The maximum Gasteiger partial charge on any atom is 0.325 e. The minimum atomic E-state index is -0.554. The molecule has 1 fully saturated rings. The molecule has 3 amide bonds. The summed E-state index contributed by atoms with van der Waals surface area (Å²) < 4.78 is 4.50. The first-order valence-corrected chi connectivity index (χ1v) is 10.6. The molecule has 1 heterocycles. The van der Waals surface area contributed by atoms with Gasteiger partial charge in [0, 0.05) is 29.9 Å². The number of benzene rings is 2. The number of hydrogen-bond acceptors (Lipinski definition) is 5. The summed E-state index contributed by atoms with van der Waals surface area (Å²) in [6.07, 6.45) is 3.38. The molecule has 0 spiro atoms. The van der Waals surface area contributed by atoms with Crippen LogP contribution in [0.4, 0.5) is 11.4 Å². The lowest BCUT2D eigenvalue weighted by Gasteiger charge is -2.18. The fraction of sp³-hybridized carbons (Fsp3) is 0.333. The first-order chi connectivity index (χ1) is 15.4. The lowest BCUT2D eigenvalue weighted by Crippen LogP contribution is -2.30. The molecule has 2 aliphatic rings. The summed E-state index contributed by atoms with van der Waals surface area (Å²) in [4.78, 5) is 50.5. The molecule has 8 heteroatoms. The Morgan fingerprint density at radius 2 is 1.91 bits per heavy atom. The predicted molar refractivity (Wildman–Crippen MR) is 118 cm³/mol. The van der Waals surface area contributed by atoms with Gasteiger partial charge in [0.25, 0.3) is 5.91 Å². The Hall–Kier alpha value is -3.68. The third kappa shape index (κ3) is 4.64.